The third-order valence-corrected chi connectivity index (χ3v) is 7.04. The van der Waals surface area contributed by atoms with Crippen LogP contribution in [-0.2, 0) is 11.3 Å². The number of carboxylic acid groups (broad SMARTS) is 1. The minimum atomic E-state index is -1.70. The number of carbonyl (C=O) groups excluding carboxylic acids is 2. The zero-order valence-electron chi connectivity index (χ0n) is 24.3. The van der Waals surface area contributed by atoms with Gasteiger partial charge in [0.1, 0.15) is 0 Å². The van der Waals surface area contributed by atoms with E-state index in [0.717, 1.165) is 30.4 Å². The molecule has 0 spiro atoms. The highest BCUT2D eigenvalue weighted by molar-refractivity contribution is 6.03. The van der Waals surface area contributed by atoms with E-state index in [1.807, 2.05) is 24.3 Å². The third kappa shape index (κ3) is 8.58. The van der Waals surface area contributed by atoms with E-state index in [0.29, 0.717) is 16.9 Å². The first-order chi connectivity index (χ1) is 21.2. The van der Waals surface area contributed by atoms with Gasteiger partial charge in [-0.05, 0) is 84.0 Å². The maximum absolute atomic E-state index is 13.7. The Bertz CT molecular complexity index is 1570. The van der Waals surface area contributed by atoms with Gasteiger partial charge < -0.3 is 26.6 Å². The normalized spacial score (nSPS) is 14.0. The number of nitrogens with zero attached hydrogens (tertiary/aromatic N) is 4. The molecule has 12 heteroatoms. The molecule has 44 heavy (non-hydrogen) atoms. The summed E-state index contributed by atoms with van der Waals surface area (Å²) in [5.74, 6) is -1.80. The SMILES string of the molecule is CN=NN=C(N)c1cccc(NC(=O)N(Cc2ccc(C(=O)NC[C@@H](O)C(=O)O)cc2)c2ccc(C3=CCCCC3)cc2)c1. The van der Waals surface area contributed by atoms with Crippen LogP contribution in [0, 0.1) is 0 Å². The molecule has 1 aliphatic carbocycles. The van der Waals surface area contributed by atoms with E-state index in [1.54, 1.807) is 53.4 Å². The largest absolute Gasteiger partial charge is 0.479 e. The Labute approximate surface area is 255 Å². The number of carbonyl (C=O) groups is 3. The van der Waals surface area contributed by atoms with E-state index < -0.39 is 24.5 Å². The molecule has 12 nitrogen and oxygen atoms in total. The number of nitrogens with one attached hydrogen (secondary N) is 2. The van der Waals surface area contributed by atoms with Crippen molar-refractivity contribution in [1.82, 2.24) is 5.32 Å². The maximum atomic E-state index is 13.7. The Morgan fingerprint density at radius 3 is 2.41 bits per heavy atom. The van der Waals surface area contributed by atoms with Crippen molar-refractivity contribution in [1.29, 1.82) is 0 Å². The molecule has 0 unspecified atom stereocenters. The van der Waals surface area contributed by atoms with Gasteiger partial charge >= 0.3 is 12.0 Å². The fraction of sp³-hybridized carbons (Fsp3) is 0.250. The quantitative estimate of drug-likeness (QED) is 0.0919. The summed E-state index contributed by atoms with van der Waals surface area (Å²) < 4.78 is 0. The molecule has 0 bridgehead atoms. The average Bonchev–Trinajstić information content (AvgIpc) is 3.05. The monoisotopic (exact) mass is 597 g/mol. The van der Waals surface area contributed by atoms with E-state index in [9.17, 15) is 19.5 Å². The number of aliphatic carboxylic acids is 1. The molecule has 1 atom stereocenters. The molecule has 0 heterocycles. The van der Waals surface area contributed by atoms with Crippen molar-refractivity contribution in [3.63, 3.8) is 0 Å². The number of nitrogens with two attached hydrogens (primary N) is 1. The Balaban J connectivity index is 1.56. The molecule has 3 amide bonds. The molecule has 3 aromatic rings. The Morgan fingerprint density at radius 1 is 1.00 bits per heavy atom. The summed E-state index contributed by atoms with van der Waals surface area (Å²) in [5.41, 5.74) is 11.2. The van der Waals surface area contributed by atoms with Crippen molar-refractivity contribution in [3.05, 3.63) is 101 Å². The smallest absolute Gasteiger partial charge is 0.334 e. The number of anilines is 2. The van der Waals surface area contributed by atoms with E-state index in [1.165, 1.54) is 19.0 Å². The van der Waals surface area contributed by atoms with Crippen LogP contribution >= 0.6 is 0 Å². The number of urea groups is 1. The van der Waals surface area contributed by atoms with Gasteiger partial charge in [-0.25, -0.2) is 9.59 Å². The maximum Gasteiger partial charge on any atom is 0.334 e. The molecule has 3 aromatic carbocycles. The minimum Gasteiger partial charge on any atom is -0.479 e. The van der Waals surface area contributed by atoms with Gasteiger partial charge in [-0.15, -0.1) is 5.10 Å². The molecule has 0 aliphatic heterocycles. The van der Waals surface area contributed by atoms with Gasteiger partial charge in [-0.1, -0.05) is 42.5 Å². The van der Waals surface area contributed by atoms with Crippen LogP contribution in [0.2, 0.25) is 0 Å². The van der Waals surface area contributed by atoms with Crippen molar-refractivity contribution in [3.8, 4) is 0 Å². The number of allylic oxidation sites excluding steroid dienone is 2. The van der Waals surface area contributed by atoms with Crippen LogP contribution in [-0.4, -0.2) is 53.7 Å². The predicted molar refractivity (Wildman–Crippen MR) is 168 cm³/mol. The molecule has 0 fully saturated rings. The molecule has 4 rings (SSSR count). The topological polar surface area (TPSA) is 182 Å². The van der Waals surface area contributed by atoms with Crippen LogP contribution in [0.5, 0.6) is 0 Å². The number of carboxylic acids is 1. The number of hydrogen-bond donors (Lipinski definition) is 5. The zero-order chi connectivity index (χ0) is 31.5. The van der Waals surface area contributed by atoms with Crippen LogP contribution in [0.1, 0.15) is 52.7 Å². The summed E-state index contributed by atoms with van der Waals surface area (Å²) in [6.07, 6.45) is 5.02. The molecule has 6 N–H and O–H groups in total. The Kier molecular flexibility index (Phi) is 10.9. The van der Waals surface area contributed by atoms with Crippen LogP contribution < -0.4 is 21.3 Å². The van der Waals surface area contributed by atoms with Crippen LogP contribution in [0.4, 0.5) is 16.2 Å². The first kappa shape index (κ1) is 31.6. The molecule has 0 aromatic heterocycles. The van der Waals surface area contributed by atoms with Crippen molar-refractivity contribution in [2.24, 2.45) is 21.2 Å². The van der Waals surface area contributed by atoms with Crippen LogP contribution in [0.25, 0.3) is 5.57 Å². The molecule has 0 saturated heterocycles. The number of benzene rings is 3. The molecular formula is C32H35N7O5. The summed E-state index contributed by atoms with van der Waals surface area (Å²) in [7, 11) is 1.48. The number of aliphatic hydroxyl groups excluding tert-OH is 1. The van der Waals surface area contributed by atoms with Gasteiger partial charge in [0.2, 0.25) is 0 Å². The third-order valence-electron chi connectivity index (χ3n) is 7.04. The van der Waals surface area contributed by atoms with Crippen molar-refractivity contribution < 1.29 is 24.6 Å². The van der Waals surface area contributed by atoms with Gasteiger partial charge in [0.05, 0.1) is 20.1 Å². The highest BCUT2D eigenvalue weighted by atomic mass is 16.4. The van der Waals surface area contributed by atoms with Crippen molar-refractivity contribution in [2.75, 3.05) is 23.8 Å². The van der Waals surface area contributed by atoms with Crippen molar-refractivity contribution >= 4 is 40.7 Å². The molecule has 0 saturated carbocycles. The van der Waals surface area contributed by atoms with E-state index in [-0.39, 0.29) is 24.0 Å². The first-order valence-corrected chi connectivity index (χ1v) is 14.1. The minimum absolute atomic E-state index is 0.151. The number of rotatable bonds is 11. The van der Waals surface area contributed by atoms with Gasteiger partial charge in [0, 0.05) is 22.5 Å². The number of hydrogen-bond acceptors (Lipinski definition) is 6. The summed E-state index contributed by atoms with van der Waals surface area (Å²) in [4.78, 5) is 38.5. The summed E-state index contributed by atoms with van der Waals surface area (Å²) in [6.45, 7) is -0.230. The van der Waals surface area contributed by atoms with E-state index in [4.69, 9.17) is 10.8 Å². The van der Waals surface area contributed by atoms with Crippen LogP contribution in [0.3, 0.4) is 0 Å². The lowest BCUT2D eigenvalue weighted by Crippen LogP contribution is -2.36. The highest BCUT2D eigenvalue weighted by Gasteiger charge is 2.19. The standard InChI is InChI=1S/C32H35N7O5/c1-34-38-37-29(33)25-8-5-9-26(18-25)36-32(44)39(27-16-14-23(15-17-27)22-6-3-2-4-7-22)20-21-10-12-24(13-11-21)30(41)35-19-28(40)31(42)43/h5-6,8-18,28,40H,2-4,7,19-20H2,1H3,(H,35,41)(H,36,44)(H,42,43)(H2,33,34,37)/t28-/m1/s1. The van der Waals surface area contributed by atoms with Gasteiger partial charge in [-0.3, -0.25) is 9.69 Å². The fourth-order valence-corrected chi connectivity index (χ4v) is 4.66. The number of amides is 3. The van der Waals surface area contributed by atoms with Gasteiger partial charge in [0.15, 0.2) is 11.9 Å². The first-order valence-electron chi connectivity index (χ1n) is 14.1. The second-order valence-electron chi connectivity index (χ2n) is 10.2. The van der Waals surface area contributed by atoms with E-state index in [2.05, 4.69) is 32.1 Å². The lowest BCUT2D eigenvalue weighted by atomic mass is 9.93. The van der Waals surface area contributed by atoms with Crippen LogP contribution in [0.15, 0.2) is 94.3 Å². The molecular weight excluding hydrogens is 562 g/mol. The van der Waals surface area contributed by atoms with E-state index >= 15 is 0 Å². The number of aliphatic hydroxyl groups is 1. The highest BCUT2D eigenvalue weighted by Crippen LogP contribution is 2.29. The Hall–Kier alpha value is -5.36. The lowest BCUT2D eigenvalue weighted by Gasteiger charge is -2.24. The zero-order valence-corrected chi connectivity index (χ0v) is 24.3. The fourth-order valence-electron chi connectivity index (χ4n) is 4.66. The molecule has 1 aliphatic rings. The molecule has 0 radical (unpaired) electrons. The summed E-state index contributed by atoms with van der Waals surface area (Å²) in [5, 5.41) is 34.5. The van der Waals surface area contributed by atoms with Gasteiger partial charge in [0.25, 0.3) is 5.91 Å². The average molecular weight is 598 g/mol. The van der Waals surface area contributed by atoms with Gasteiger partial charge in [-0.2, -0.15) is 5.11 Å². The predicted octanol–water partition coefficient (Wildman–Crippen LogP) is 4.76. The second-order valence-corrected chi connectivity index (χ2v) is 10.2. The Morgan fingerprint density at radius 2 is 1.75 bits per heavy atom. The second kappa shape index (κ2) is 15.2. The summed E-state index contributed by atoms with van der Waals surface area (Å²) in [6, 6.07) is 21.0. The lowest BCUT2D eigenvalue weighted by molar-refractivity contribution is -0.146. The molecule has 228 valence electrons. The number of amidine groups is 1. The summed E-state index contributed by atoms with van der Waals surface area (Å²) >= 11 is 0. The van der Waals surface area contributed by atoms with Crippen molar-refractivity contribution in [2.45, 2.75) is 38.3 Å².